The second-order valence-electron chi connectivity index (χ2n) is 2.75. The molecule has 0 bridgehead atoms. The Labute approximate surface area is 70.3 Å². The largest absolute Gasteiger partial charge is 0.389 e. The average Bonchev–Trinajstić information content (AvgIpc) is 2.30. The summed E-state index contributed by atoms with van der Waals surface area (Å²) in [5, 5.41) is 21.5. The Kier molecular flexibility index (Phi) is 3.09. The van der Waals surface area contributed by atoms with E-state index in [-0.39, 0.29) is 18.0 Å². The molecule has 0 unspecified atom stereocenters. The molecule has 66 valence electrons. The van der Waals surface area contributed by atoms with Crippen LogP contribution < -0.4 is 11.1 Å². The van der Waals surface area contributed by atoms with Crippen LogP contribution in [0.4, 0.5) is 0 Å². The van der Waals surface area contributed by atoms with Crippen LogP contribution in [0.15, 0.2) is 0 Å². The van der Waals surface area contributed by atoms with Crippen molar-refractivity contribution in [3.8, 4) is 0 Å². The van der Waals surface area contributed by atoms with Gasteiger partial charge in [0, 0.05) is 24.5 Å². The Bertz CT molecular complexity index is 118. The fourth-order valence-corrected chi connectivity index (χ4v) is 1.56. The van der Waals surface area contributed by atoms with E-state index in [0.717, 1.165) is 0 Å². The zero-order valence-electron chi connectivity index (χ0n) is 6.07. The smallest absolute Gasteiger partial charge is 0.0979 e. The summed E-state index contributed by atoms with van der Waals surface area (Å²) in [6.07, 6.45) is -1.58. The zero-order chi connectivity index (χ0) is 8.43. The van der Waals surface area contributed by atoms with Crippen LogP contribution in [0.2, 0.25) is 0 Å². The standard InChI is InChI=1S/C6H13ClN2O2/c7-1-3-5(10)6(11)4(2-8)9-3/h3-6,9-11H,1-2,8H2/t3-,4+,5+,6-/m0/s1. The van der Waals surface area contributed by atoms with Crippen molar-refractivity contribution in [2.24, 2.45) is 5.73 Å². The molecule has 0 aliphatic carbocycles. The Morgan fingerprint density at radius 1 is 1.27 bits per heavy atom. The van der Waals surface area contributed by atoms with Crippen LogP contribution in [0, 0.1) is 0 Å². The highest BCUT2D eigenvalue weighted by atomic mass is 35.5. The van der Waals surface area contributed by atoms with Gasteiger partial charge in [-0.15, -0.1) is 11.6 Å². The van der Waals surface area contributed by atoms with E-state index in [1.807, 2.05) is 0 Å². The van der Waals surface area contributed by atoms with Crippen molar-refractivity contribution in [2.45, 2.75) is 24.3 Å². The molecular weight excluding hydrogens is 168 g/mol. The van der Waals surface area contributed by atoms with Gasteiger partial charge >= 0.3 is 0 Å². The van der Waals surface area contributed by atoms with Gasteiger partial charge in [-0.3, -0.25) is 0 Å². The summed E-state index contributed by atoms with van der Waals surface area (Å²) < 4.78 is 0. The molecule has 4 nitrogen and oxygen atoms in total. The molecule has 0 aromatic rings. The SMILES string of the molecule is NC[C@H]1N[C@@H](CCl)[C@@H](O)[C@H]1O. The van der Waals surface area contributed by atoms with E-state index in [0.29, 0.717) is 6.54 Å². The number of aliphatic hydroxyl groups is 2. The highest BCUT2D eigenvalue weighted by molar-refractivity contribution is 6.18. The Balaban J connectivity index is 2.53. The minimum atomic E-state index is -0.791. The monoisotopic (exact) mass is 180 g/mol. The first-order valence-corrected chi connectivity index (χ1v) is 4.12. The van der Waals surface area contributed by atoms with Crippen molar-refractivity contribution >= 4 is 11.6 Å². The molecule has 1 aliphatic rings. The molecule has 5 N–H and O–H groups in total. The second kappa shape index (κ2) is 3.69. The molecule has 11 heavy (non-hydrogen) atoms. The van der Waals surface area contributed by atoms with Crippen molar-refractivity contribution in [3.63, 3.8) is 0 Å². The average molecular weight is 181 g/mol. The van der Waals surface area contributed by atoms with E-state index in [9.17, 15) is 10.2 Å². The summed E-state index contributed by atoms with van der Waals surface area (Å²) in [5.41, 5.74) is 5.33. The molecule has 1 saturated heterocycles. The van der Waals surface area contributed by atoms with Gasteiger partial charge in [0.1, 0.15) is 0 Å². The second-order valence-corrected chi connectivity index (χ2v) is 3.06. The van der Waals surface area contributed by atoms with Crippen LogP contribution in [-0.4, -0.2) is 46.9 Å². The molecule has 1 aliphatic heterocycles. The fourth-order valence-electron chi connectivity index (χ4n) is 1.29. The number of rotatable bonds is 2. The number of hydrogen-bond donors (Lipinski definition) is 4. The highest BCUT2D eigenvalue weighted by Crippen LogP contribution is 2.14. The minimum Gasteiger partial charge on any atom is -0.389 e. The zero-order valence-corrected chi connectivity index (χ0v) is 6.83. The lowest BCUT2D eigenvalue weighted by atomic mass is 10.1. The number of nitrogens with one attached hydrogen (secondary N) is 1. The van der Waals surface area contributed by atoms with Crippen molar-refractivity contribution in [1.29, 1.82) is 0 Å². The summed E-state index contributed by atoms with van der Waals surface area (Å²) in [5.74, 6) is 0.286. The molecule has 0 radical (unpaired) electrons. The third kappa shape index (κ3) is 1.65. The van der Waals surface area contributed by atoms with Crippen LogP contribution in [0.1, 0.15) is 0 Å². The fraction of sp³-hybridized carbons (Fsp3) is 1.00. The van der Waals surface area contributed by atoms with Gasteiger partial charge in [0.25, 0.3) is 0 Å². The maximum absolute atomic E-state index is 9.31. The summed E-state index contributed by atoms with van der Waals surface area (Å²) in [6, 6.07) is -0.464. The first-order valence-electron chi connectivity index (χ1n) is 3.59. The van der Waals surface area contributed by atoms with Crippen molar-refractivity contribution in [1.82, 2.24) is 5.32 Å². The number of hydrogen-bond acceptors (Lipinski definition) is 4. The van der Waals surface area contributed by atoms with Gasteiger partial charge in [-0.25, -0.2) is 0 Å². The van der Waals surface area contributed by atoms with Gasteiger partial charge in [-0.2, -0.15) is 0 Å². The molecular formula is C6H13ClN2O2. The number of nitrogens with two attached hydrogens (primary N) is 1. The van der Waals surface area contributed by atoms with E-state index in [2.05, 4.69) is 5.32 Å². The molecule has 0 saturated carbocycles. The van der Waals surface area contributed by atoms with Gasteiger partial charge in [0.05, 0.1) is 12.2 Å². The van der Waals surface area contributed by atoms with Gasteiger partial charge in [-0.05, 0) is 0 Å². The molecule has 1 rings (SSSR count). The molecule has 4 atom stereocenters. The molecule has 0 aromatic heterocycles. The highest BCUT2D eigenvalue weighted by Gasteiger charge is 2.39. The Morgan fingerprint density at radius 3 is 2.09 bits per heavy atom. The van der Waals surface area contributed by atoms with Crippen LogP contribution in [0.25, 0.3) is 0 Å². The quantitative estimate of drug-likeness (QED) is 0.380. The number of halogens is 1. The molecule has 5 heteroatoms. The summed E-state index contributed by atoms with van der Waals surface area (Å²) in [7, 11) is 0. The molecule has 0 amide bonds. The topological polar surface area (TPSA) is 78.5 Å². The predicted molar refractivity (Wildman–Crippen MR) is 42.5 cm³/mol. The summed E-state index contributed by atoms with van der Waals surface area (Å²) in [4.78, 5) is 0. The lowest BCUT2D eigenvalue weighted by Crippen LogP contribution is -2.40. The minimum absolute atomic E-state index is 0.228. The first-order chi connectivity index (χ1) is 5.20. The number of aliphatic hydroxyl groups excluding tert-OH is 2. The molecule has 1 fully saturated rings. The maximum Gasteiger partial charge on any atom is 0.0979 e. The van der Waals surface area contributed by atoms with Crippen molar-refractivity contribution in [2.75, 3.05) is 12.4 Å². The van der Waals surface area contributed by atoms with Gasteiger partial charge in [-0.1, -0.05) is 0 Å². The lowest BCUT2D eigenvalue weighted by Gasteiger charge is -2.12. The van der Waals surface area contributed by atoms with Gasteiger partial charge < -0.3 is 21.3 Å². The maximum atomic E-state index is 9.31. The normalized spacial score (nSPS) is 44.7. The van der Waals surface area contributed by atoms with Crippen molar-refractivity contribution < 1.29 is 10.2 Å². The summed E-state index contributed by atoms with van der Waals surface area (Å²) in [6.45, 7) is 0.311. The molecule has 0 aromatic carbocycles. The van der Waals surface area contributed by atoms with E-state index in [4.69, 9.17) is 17.3 Å². The molecule has 1 heterocycles. The Hall–Kier alpha value is 0.130. The van der Waals surface area contributed by atoms with E-state index < -0.39 is 12.2 Å². The van der Waals surface area contributed by atoms with Crippen LogP contribution in [0.3, 0.4) is 0 Å². The first kappa shape index (κ1) is 9.22. The number of alkyl halides is 1. The third-order valence-electron chi connectivity index (χ3n) is 2.02. The van der Waals surface area contributed by atoms with Gasteiger partial charge in [0.2, 0.25) is 0 Å². The van der Waals surface area contributed by atoms with E-state index >= 15 is 0 Å². The molecule has 0 spiro atoms. The van der Waals surface area contributed by atoms with Crippen LogP contribution in [-0.2, 0) is 0 Å². The van der Waals surface area contributed by atoms with Crippen molar-refractivity contribution in [3.05, 3.63) is 0 Å². The third-order valence-corrected chi connectivity index (χ3v) is 2.36. The Morgan fingerprint density at radius 2 is 1.82 bits per heavy atom. The van der Waals surface area contributed by atoms with Gasteiger partial charge in [0.15, 0.2) is 0 Å². The van der Waals surface area contributed by atoms with E-state index in [1.165, 1.54) is 0 Å². The lowest BCUT2D eigenvalue weighted by molar-refractivity contribution is 0.0319. The van der Waals surface area contributed by atoms with Crippen LogP contribution in [0.5, 0.6) is 0 Å². The van der Waals surface area contributed by atoms with E-state index in [1.54, 1.807) is 0 Å². The van der Waals surface area contributed by atoms with Crippen LogP contribution >= 0.6 is 11.6 Å². The summed E-state index contributed by atoms with van der Waals surface area (Å²) >= 11 is 5.52. The predicted octanol–water partition coefficient (Wildman–Crippen LogP) is -1.75.